The van der Waals surface area contributed by atoms with Crippen LogP contribution in [0.3, 0.4) is 0 Å². The van der Waals surface area contributed by atoms with E-state index in [9.17, 15) is 14.0 Å². The summed E-state index contributed by atoms with van der Waals surface area (Å²) in [5.41, 5.74) is -0.562. The van der Waals surface area contributed by atoms with Crippen LogP contribution >= 0.6 is 11.6 Å². The number of ether oxygens (including phenoxy) is 3. The molecule has 4 heterocycles. The number of aromatic nitrogens is 1. The van der Waals surface area contributed by atoms with Crippen molar-refractivity contribution in [1.29, 1.82) is 0 Å². The van der Waals surface area contributed by atoms with Crippen LogP contribution in [-0.4, -0.2) is 91.0 Å². The minimum absolute atomic E-state index is 0.0109. The van der Waals surface area contributed by atoms with Crippen LogP contribution in [0.2, 0.25) is 5.15 Å². The fraction of sp³-hybridized carbons (Fsp3) is 0.667. The number of nitrogens with zero attached hydrogens (tertiary/aromatic N) is 4. The molecule has 0 spiro atoms. The molecule has 2 saturated heterocycles. The van der Waals surface area contributed by atoms with Crippen molar-refractivity contribution in [2.45, 2.75) is 44.9 Å². The van der Waals surface area contributed by atoms with Gasteiger partial charge in [-0.25, -0.2) is 9.78 Å². The fourth-order valence-electron chi connectivity index (χ4n) is 4.25. The van der Waals surface area contributed by atoms with E-state index in [4.69, 9.17) is 25.8 Å². The summed E-state index contributed by atoms with van der Waals surface area (Å²) in [6, 6.07) is -0.451. The molecule has 11 heteroatoms. The van der Waals surface area contributed by atoms with Crippen molar-refractivity contribution in [2.75, 3.05) is 51.3 Å². The van der Waals surface area contributed by atoms with Crippen LogP contribution < -0.4 is 9.64 Å². The van der Waals surface area contributed by atoms with Gasteiger partial charge in [0.15, 0.2) is 10.9 Å². The molecule has 2 atom stereocenters. The number of methoxy groups -OCH3 is 1. The standard InChI is InChI=1S/C21H28ClFN4O5/c1-21(2,3)32-20(29)26-7-8-27-12(9-26)11-31-16-14(19(27)28)18(24-17(22)15(16)23)25-6-5-13(10-25)30-4/h12-13H,5-11H2,1-4H3/t12-,13+/m1/s1. The van der Waals surface area contributed by atoms with E-state index < -0.39 is 23.6 Å². The summed E-state index contributed by atoms with van der Waals surface area (Å²) in [4.78, 5) is 35.3. The first kappa shape index (κ1) is 22.8. The SMILES string of the molecule is CO[C@H]1CCN(c2nc(Cl)c(F)c3c2C(=O)N2CCN(C(=O)OC(C)(C)C)C[C@@H]2CO3)C1. The highest BCUT2D eigenvalue weighted by atomic mass is 35.5. The van der Waals surface area contributed by atoms with E-state index in [1.165, 1.54) is 0 Å². The minimum Gasteiger partial charge on any atom is -0.487 e. The highest BCUT2D eigenvalue weighted by Crippen LogP contribution is 2.39. The van der Waals surface area contributed by atoms with Gasteiger partial charge in [0.1, 0.15) is 23.6 Å². The van der Waals surface area contributed by atoms with Crippen LogP contribution in [0.1, 0.15) is 37.6 Å². The van der Waals surface area contributed by atoms with Crippen LogP contribution in [0.5, 0.6) is 5.75 Å². The van der Waals surface area contributed by atoms with Gasteiger partial charge in [-0.3, -0.25) is 4.79 Å². The maximum absolute atomic E-state index is 14.9. The van der Waals surface area contributed by atoms with Crippen molar-refractivity contribution in [3.05, 3.63) is 16.5 Å². The number of amides is 2. The lowest BCUT2D eigenvalue weighted by atomic mass is 10.1. The normalized spacial score (nSPS) is 23.4. The Morgan fingerprint density at radius 3 is 2.66 bits per heavy atom. The Hall–Kier alpha value is -2.33. The van der Waals surface area contributed by atoms with Crippen LogP contribution in [0.25, 0.3) is 0 Å². The minimum atomic E-state index is -0.856. The Morgan fingerprint density at radius 1 is 1.25 bits per heavy atom. The Bertz CT molecular complexity index is 924. The van der Waals surface area contributed by atoms with Gasteiger partial charge < -0.3 is 28.9 Å². The van der Waals surface area contributed by atoms with Gasteiger partial charge in [0.2, 0.25) is 5.82 Å². The quantitative estimate of drug-likeness (QED) is 0.614. The van der Waals surface area contributed by atoms with E-state index in [-0.39, 0.29) is 48.2 Å². The molecule has 32 heavy (non-hydrogen) atoms. The fourth-order valence-corrected chi connectivity index (χ4v) is 4.42. The van der Waals surface area contributed by atoms with Crippen LogP contribution in [0.4, 0.5) is 15.0 Å². The molecule has 2 fully saturated rings. The molecular formula is C21H28ClFN4O5. The first-order valence-corrected chi connectivity index (χ1v) is 11.0. The third kappa shape index (κ3) is 4.30. The van der Waals surface area contributed by atoms with Crippen LogP contribution in [0, 0.1) is 5.82 Å². The van der Waals surface area contributed by atoms with E-state index in [1.54, 1.807) is 37.7 Å². The molecule has 0 aliphatic carbocycles. The zero-order valence-corrected chi connectivity index (χ0v) is 19.4. The summed E-state index contributed by atoms with van der Waals surface area (Å²) in [6.07, 6.45) is 0.294. The number of rotatable bonds is 2. The van der Waals surface area contributed by atoms with Gasteiger partial charge in [-0.05, 0) is 27.2 Å². The van der Waals surface area contributed by atoms with E-state index in [1.807, 2.05) is 4.90 Å². The zero-order valence-electron chi connectivity index (χ0n) is 18.7. The second-order valence-corrected chi connectivity index (χ2v) is 9.58. The van der Waals surface area contributed by atoms with E-state index in [0.717, 1.165) is 6.42 Å². The third-order valence-electron chi connectivity index (χ3n) is 5.84. The summed E-state index contributed by atoms with van der Waals surface area (Å²) in [5, 5.41) is -0.345. The van der Waals surface area contributed by atoms with Crippen LogP contribution in [-0.2, 0) is 9.47 Å². The van der Waals surface area contributed by atoms with Gasteiger partial charge in [0.25, 0.3) is 5.91 Å². The second kappa shape index (κ2) is 8.55. The smallest absolute Gasteiger partial charge is 0.410 e. The zero-order chi connectivity index (χ0) is 23.2. The number of hydrogen-bond acceptors (Lipinski definition) is 7. The number of piperazine rings is 1. The maximum atomic E-state index is 14.9. The summed E-state index contributed by atoms with van der Waals surface area (Å²) < 4.78 is 31.6. The Kier molecular flexibility index (Phi) is 6.10. The Morgan fingerprint density at radius 2 is 2.00 bits per heavy atom. The summed E-state index contributed by atoms with van der Waals surface area (Å²) in [7, 11) is 1.63. The average Bonchev–Trinajstić information content (AvgIpc) is 3.16. The Labute approximate surface area is 191 Å². The molecule has 3 aliphatic rings. The number of fused-ring (bicyclic) bond motifs is 2. The highest BCUT2D eigenvalue weighted by Gasteiger charge is 2.42. The van der Waals surface area contributed by atoms with E-state index >= 15 is 0 Å². The van der Waals surface area contributed by atoms with Crippen molar-refractivity contribution in [3.63, 3.8) is 0 Å². The summed E-state index contributed by atoms with van der Waals surface area (Å²) in [6.45, 7) is 7.33. The van der Waals surface area contributed by atoms with E-state index in [2.05, 4.69) is 4.98 Å². The second-order valence-electron chi connectivity index (χ2n) is 9.23. The first-order valence-electron chi connectivity index (χ1n) is 10.7. The largest absolute Gasteiger partial charge is 0.487 e. The lowest BCUT2D eigenvalue weighted by molar-refractivity contribution is 0.000866. The molecule has 0 bridgehead atoms. The number of hydrogen-bond donors (Lipinski definition) is 0. The lowest BCUT2D eigenvalue weighted by Gasteiger charge is -2.40. The summed E-state index contributed by atoms with van der Waals surface area (Å²) >= 11 is 6.06. The number of carbonyl (C=O) groups excluding carboxylic acids is 2. The number of pyridine rings is 1. The lowest BCUT2D eigenvalue weighted by Crippen LogP contribution is -2.58. The Balaban J connectivity index is 1.62. The molecule has 0 N–H and O–H groups in total. The molecule has 1 aromatic rings. The molecule has 9 nitrogen and oxygen atoms in total. The van der Waals surface area contributed by atoms with E-state index in [0.29, 0.717) is 25.5 Å². The van der Waals surface area contributed by atoms with Crippen molar-refractivity contribution in [2.24, 2.45) is 0 Å². The molecule has 4 rings (SSSR count). The molecular weight excluding hydrogens is 443 g/mol. The molecule has 2 amide bonds. The van der Waals surface area contributed by atoms with Crippen molar-refractivity contribution < 1.29 is 28.2 Å². The molecule has 0 aromatic carbocycles. The predicted octanol–water partition coefficient (Wildman–Crippen LogP) is 2.55. The van der Waals surface area contributed by atoms with Crippen molar-refractivity contribution >= 4 is 29.4 Å². The van der Waals surface area contributed by atoms with Gasteiger partial charge >= 0.3 is 6.09 Å². The summed E-state index contributed by atoms with van der Waals surface area (Å²) in [5.74, 6) is -1.13. The van der Waals surface area contributed by atoms with Gasteiger partial charge in [0, 0.05) is 39.8 Å². The number of anilines is 1. The molecule has 0 radical (unpaired) electrons. The molecule has 0 saturated carbocycles. The highest BCUT2D eigenvalue weighted by molar-refractivity contribution is 6.30. The average molecular weight is 471 g/mol. The molecule has 176 valence electrons. The third-order valence-corrected chi connectivity index (χ3v) is 6.09. The van der Waals surface area contributed by atoms with Crippen molar-refractivity contribution in [1.82, 2.24) is 14.8 Å². The topological polar surface area (TPSA) is 84.4 Å². The number of carbonyl (C=O) groups is 2. The van der Waals surface area contributed by atoms with Gasteiger partial charge in [-0.1, -0.05) is 11.6 Å². The molecule has 3 aliphatic heterocycles. The maximum Gasteiger partial charge on any atom is 0.410 e. The predicted molar refractivity (Wildman–Crippen MR) is 115 cm³/mol. The molecule has 1 aromatic heterocycles. The number of halogens is 2. The monoisotopic (exact) mass is 470 g/mol. The van der Waals surface area contributed by atoms with Crippen LogP contribution in [0.15, 0.2) is 0 Å². The van der Waals surface area contributed by atoms with Gasteiger partial charge in [-0.15, -0.1) is 0 Å². The van der Waals surface area contributed by atoms with Crippen molar-refractivity contribution in [3.8, 4) is 5.75 Å². The van der Waals surface area contributed by atoms with Gasteiger partial charge in [-0.2, -0.15) is 4.39 Å². The first-order chi connectivity index (χ1) is 15.1. The molecule has 0 unspecified atom stereocenters. The van der Waals surface area contributed by atoms with Gasteiger partial charge in [0.05, 0.1) is 12.1 Å².